The minimum Gasteiger partial charge on any atom is -0.300 e. The molecule has 2 bridgehead atoms. The van der Waals surface area contributed by atoms with Crippen molar-refractivity contribution in [3.63, 3.8) is 0 Å². The number of hydrogen-bond donors (Lipinski definition) is 0. The van der Waals surface area contributed by atoms with Crippen molar-refractivity contribution in [2.45, 2.75) is 51.0 Å². The van der Waals surface area contributed by atoms with Crippen LogP contribution in [0.4, 0.5) is 0 Å². The van der Waals surface area contributed by atoms with Crippen LogP contribution in [0.1, 0.15) is 44.9 Å². The lowest BCUT2D eigenvalue weighted by molar-refractivity contribution is -0.121. The van der Waals surface area contributed by atoms with Gasteiger partial charge in [-0.2, -0.15) is 0 Å². The van der Waals surface area contributed by atoms with E-state index in [2.05, 4.69) is 4.90 Å². The molecule has 3 rings (SSSR count). The first-order valence-corrected chi connectivity index (χ1v) is 6.57. The van der Waals surface area contributed by atoms with Gasteiger partial charge in [0.05, 0.1) is 0 Å². The molecule has 3 atom stereocenters. The summed E-state index contributed by atoms with van der Waals surface area (Å²) in [5.74, 6) is 2.19. The lowest BCUT2D eigenvalue weighted by Gasteiger charge is -2.32. The molecule has 0 spiro atoms. The van der Waals surface area contributed by atoms with Gasteiger partial charge in [-0.1, -0.05) is 0 Å². The summed E-state index contributed by atoms with van der Waals surface area (Å²) in [6.07, 6.45) is 8.48. The molecule has 0 amide bonds. The van der Waals surface area contributed by atoms with Crippen molar-refractivity contribution in [3.8, 4) is 0 Å². The van der Waals surface area contributed by atoms with Crippen LogP contribution in [-0.4, -0.2) is 29.8 Å². The molecule has 3 unspecified atom stereocenters. The van der Waals surface area contributed by atoms with Gasteiger partial charge in [0.1, 0.15) is 5.78 Å². The van der Waals surface area contributed by atoms with Crippen molar-refractivity contribution >= 4 is 5.78 Å². The molecule has 1 heterocycles. The molecular formula is C13H21NO. The Kier molecular flexibility index (Phi) is 2.55. The van der Waals surface area contributed by atoms with Gasteiger partial charge in [0.2, 0.25) is 0 Å². The number of ketones is 1. The zero-order chi connectivity index (χ0) is 10.3. The van der Waals surface area contributed by atoms with Crippen LogP contribution in [0.5, 0.6) is 0 Å². The number of piperidine rings is 1. The molecule has 2 nitrogen and oxygen atoms in total. The number of rotatable bonds is 2. The molecule has 15 heavy (non-hydrogen) atoms. The second-order valence-electron chi connectivity index (χ2n) is 5.79. The van der Waals surface area contributed by atoms with Crippen molar-refractivity contribution in [3.05, 3.63) is 0 Å². The Labute approximate surface area is 92.0 Å². The van der Waals surface area contributed by atoms with Crippen molar-refractivity contribution < 1.29 is 4.79 Å². The van der Waals surface area contributed by atoms with E-state index in [-0.39, 0.29) is 0 Å². The monoisotopic (exact) mass is 207 g/mol. The van der Waals surface area contributed by atoms with Gasteiger partial charge in [-0.15, -0.1) is 0 Å². The first-order valence-electron chi connectivity index (χ1n) is 6.57. The number of carbonyl (C=O) groups is 1. The predicted octanol–water partition coefficient (Wildman–Crippen LogP) is 2.23. The molecule has 0 radical (unpaired) electrons. The molecule has 2 aliphatic carbocycles. The molecule has 2 saturated carbocycles. The van der Waals surface area contributed by atoms with Crippen LogP contribution in [0.2, 0.25) is 0 Å². The Hall–Kier alpha value is -0.370. The van der Waals surface area contributed by atoms with E-state index in [0.29, 0.717) is 11.7 Å². The number of likely N-dealkylation sites (tertiary alicyclic amines) is 1. The normalized spacial score (nSPS) is 41.3. The molecule has 2 heteroatoms. The SMILES string of the molecule is O=C1CCCC(CN2CC3CCC2C3)C1. The number of carbonyl (C=O) groups excluding carboxylic acids is 1. The summed E-state index contributed by atoms with van der Waals surface area (Å²) in [7, 11) is 0. The fourth-order valence-corrected chi connectivity index (χ4v) is 3.85. The first-order chi connectivity index (χ1) is 7.31. The van der Waals surface area contributed by atoms with Crippen LogP contribution < -0.4 is 0 Å². The molecule has 0 aromatic carbocycles. The Morgan fingerprint density at radius 3 is 2.87 bits per heavy atom. The molecular weight excluding hydrogens is 186 g/mol. The van der Waals surface area contributed by atoms with Gasteiger partial charge in [0.15, 0.2) is 0 Å². The van der Waals surface area contributed by atoms with Crippen molar-refractivity contribution in [1.29, 1.82) is 0 Å². The highest BCUT2D eigenvalue weighted by Gasteiger charge is 2.38. The van der Waals surface area contributed by atoms with Crippen LogP contribution in [-0.2, 0) is 4.79 Å². The lowest BCUT2D eigenvalue weighted by atomic mass is 9.87. The smallest absolute Gasteiger partial charge is 0.133 e. The Morgan fingerprint density at radius 2 is 2.20 bits per heavy atom. The summed E-state index contributed by atoms with van der Waals surface area (Å²) in [5, 5.41) is 0. The third kappa shape index (κ3) is 1.96. The molecule has 0 N–H and O–H groups in total. The molecule has 1 saturated heterocycles. The van der Waals surface area contributed by atoms with E-state index >= 15 is 0 Å². The third-order valence-electron chi connectivity index (χ3n) is 4.60. The zero-order valence-electron chi connectivity index (χ0n) is 9.45. The number of fused-ring (bicyclic) bond motifs is 2. The summed E-state index contributed by atoms with van der Waals surface area (Å²) >= 11 is 0. The first kappa shape index (κ1) is 9.83. The van der Waals surface area contributed by atoms with Crippen molar-refractivity contribution in [1.82, 2.24) is 4.90 Å². The average Bonchev–Trinajstić information content (AvgIpc) is 2.79. The zero-order valence-corrected chi connectivity index (χ0v) is 9.45. The van der Waals surface area contributed by atoms with E-state index in [1.807, 2.05) is 0 Å². The molecule has 3 fully saturated rings. The number of hydrogen-bond acceptors (Lipinski definition) is 2. The van der Waals surface area contributed by atoms with Gasteiger partial charge in [-0.3, -0.25) is 9.69 Å². The second kappa shape index (κ2) is 3.89. The standard InChI is InChI=1S/C13H21NO/c15-13-3-1-2-10(7-13)8-14-9-11-4-5-12(14)6-11/h10-12H,1-9H2. The van der Waals surface area contributed by atoms with E-state index in [9.17, 15) is 4.79 Å². The summed E-state index contributed by atoms with van der Waals surface area (Å²) in [4.78, 5) is 14.1. The van der Waals surface area contributed by atoms with E-state index in [1.54, 1.807) is 0 Å². The summed E-state index contributed by atoms with van der Waals surface area (Å²) < 4.78 is 0. The van der Waals surface area contributed by atoms with Gasteiger partial charge in [-0.25, -0.2) is 0 Å². The number of nitrogens with zero attached hydrogens (tertiary/aromatic N) is 1. The van der Waals surface area contributed by atoms with E-state index < -0.39 is 0 Å². The van der Waals surface area contributed by atoms with Crippen LogP contribution in [0.25, 0.3) is 0 Å². The van der Waals surface area contributed by atoms with Crippen LogP contribution >= 0.6 is 0 Å². The van der Waals surface area contributed by atoms with E-state index in [1.165, 1.54) is 38.8 Å². The van der Waals surface area contributed by atoms with E-state index in [0.717, 1.165) is 31.2 Å². The molecule has 1 aliphatic heterocycles. The maximum atomic E-state index is 11.4. The van der Waals surface area contributed by atoms with E-state index in [4.69, 9.17) is 0 Å². The van der Waals surface area contributed by atoms with Gasteiger partial charge in [-0.05, 0) is 43.9 Å². The van der Waals surface area contributed by atoms with Crippen molar-refractivity contribution in [2.24, 2.45) is 11.8 Å². The Morgan fingerprint density at radius 1 is 1.27 bits per heavy atom. The summed E-state index contributed by atoms with van der Waals surface area (Å²) in [6, 6.07) is 0.882. The topological polar surface area (TPSA) is 20.3 Å². The third-order valence-corrected chi connectivity index (χ3v) is 4.60. The lowest BCUT2D eigenvalue weighted by Crippen LogP contribution is -2.37. The minimum atomic E-state index is 0.510. The Bertz CT molecular complexity index is 263. The summed E-state index contributed by atoms with van der Waals surface area (Å²) in [6.45, 7) is 2.54. The highest BCUT2D eigenvalue weighted by molar-refractivity contribution is 5.79. The second-order valence-corrected chi connectivity index (χ2v) is 5.79. The summed E-state index contributed by atoms with van der Waals surface area (Å²) in [5.41, 5.74) is 0. The highest BCUT2D eigenvalue weighted by atomic mass is 16.1. The maximum Gasteiger partial charge on any atom is 0.133 e. The predicted molar refractivity (Wildman–Crippen MR) is 59.7 cm³/mol. The number of Topliss-reactive ketones (excluding diaryl/α,β-unsaturated/α-hetero) is 1. The van der Waals surface area contributed by atoms with Crippen LogP contribution in [0.15, 0.2) is 0 Å². The largest absolute Gasteiger partial charge is 0.300 e. The average molecular weight is 207 g/mol. The molecule has 84 valence electrons. The Balaban J connectivity index is 1.54. The fourth-order valence-electron chi connectivity index (χ4n) is 3.85. The van der Waals surface area contributed by atoms with Gasteiger partial charge in [0.25, 0.3) is 0 Å². The molecule has 0 aromatic rings. The minimum absolute atomic E-state index is 0.510. The van der Waals surface area contributed by atoms with Crippen molar-refractivity contribution in [2.75, 3.05) is 13.1 Å². The van der Waals surface area contributed by atoms with Gasteiger partial charge < -0.3 is 0 Å². The highest BCUT2D eigenvalue weighted by Crippen LogP contribution is 2.38. The maximum absolute atomic E-state index is 11.4. The quantitative estimate of drug-likeness (QED) is 0.692. The van der Waals surface area contributed by atoms with Crippen LogP contribution in [0.3, 0.4) is 0 Å². The molecule has 0 aromatic heterocycles. The van der Waals surface area contributed by atoms with Crippen LogP contribution in [0, 0.1) is 11.8 Å². The fraction of sp³-hybridized carbons (Fsp3) is 0.923. The molecule has 3 aliphatic rings. The van der Waals surface area contributed by atoms with Gasteiger partial charge >= 0.3 is 0 Å². The van der Waals surface area contributed by atoms with Gasteiger partial charge in [0, 0.05) is 32.0 Å².